The summed E-state index contributed by atoms with van der Waals surface area (Å²) in [5, 5.41) is 5.22. The molecule has 0 radical (unpaired) electrons. The van der Waals surface area contributed by atoms with Crippen LogP contribution in [0, 0.1) is 0 Å². The Morgan fingerprint density at radius 3 is 2.79 bits per heavy atom. The van der Waals surface area contributed by atoms with E-state index in [4.69, 9.17) is 23.2 Å². The predicted molar refractivity (Wildman–Crippen MR) is 63.3 cm³/mol. The molecule has 0 saturated carbocycles. The van der Waals surface area contributed by atoms with Crippen molar-refractivity contribution in [1.82, 2.24) is 5.32 Å². The van der Waals surface area contributed by atoms with Crippen LogP contribution in [0.1, 0.15) is 12.8 Å². The van der Waals surface area contributed by atoms with Crippen LogP contribution in [-0.4, -0.2) is 11.9 Å². The van der Waals surface area contributed by atoms with Crippen LogP contribution in [0.2, 0.25) is 10.0 Å². The van der Waals surface area contributed by atoms with E-state index >= 15 is 0 Å². The highest BCUT2D eigenvalue weighted by molar-refractivity contribution is 7.99. The summed E-state index contributed by atoms with van der Waals surface area (Å²) in [4.78, 5) is 1.18. The lowest BCUT2D eigenvalue weighted by molar-refractivity contribution is 0.806. The third-order valence-corrected chi connectivity index (χ3v) is 4.14. The average molecular weight is 248 g/mol. The van der Waals surface area contributed by atoms with Gasteiger partial charge in [0.05, 0.1) is 15.4 Å². The molecule has 0 bridgehead atoms. The summed E-state index contributed by atoms with van der Waals surface area (Å²) in [6.07, 6.45) is 2.49. The van der Waals surface area contributed by atoms with E-state index in [9.17, 15) is 0 Å². The largest absolute Gasteiger partial charge is 0.305 e. The second-order valence-electron chi connectivity index (χ2n) is 3.28. The summed E-state index contributed by atoms with van der Waals surface area (Å²) in [5.74, 6) is 0. The smallest absolute Gasteiger partial charge is 0.0603 e. The fraction of sp³-hybridized carbons (Fsp3) is 0.400. The van der Waals surface area contributed by atoms with Gasteiger partial charge in [0, 0.05) is 4.90 Å². The highest BCUT2D eigenvalue weighted by Crippen LogP contribution is 2.31. The van der Waals surface area contributed by atoms with Gasteiger partial charge in [0.2, 0.25) is 0 Å². The van der Waals surface area contributed by atoms with Gasteiger partial charge in [-0.1, -0.05) is 23.2 Å². The second-order valence-corrected chi connectivity index (χ2v) is 5.37. The standard InChI is InChI=1S/C10H11Cl2NS/c11-8-4-3-7(6-9(8)12)14-10-2-1-5-13-10/h3-4,6,10,13H,1-2,5H2. The van der Waals surface area contributed by atoms with Crippen LogP contribution in [-0.2, 0) is 0 Å². The number of rotatable bonds is 2. The Bertz CT molecular complexity index is 324. The molecule has 1 heterocycles. The number of benzene rings is 1. The SMILES string of the molecule is Clc1ccc(SC2CCCN2)cc1Cl. The van der Waals surface area contributed by atoms with E-state index in [0.717, 1.165) is 6.54 Å². The van der Waals surface area contributed by atoms with Crippen LogP contribution >= 0.6 is 35.0 Å². The minimum atomic E-state index is 0.534. The minimum Gasteiger partial charge on any atom is -0.305 e. The molecule has 0 aromatic heterocycles. The van der Waals surface area contributed by atoms with Gasteiger partial charge in [0.15, 0.2) is 0 Å². The number of thioether (sulfide) groups is 1. The zero-order valence-electron chi connectivity index (χ0n) is 7.59. The van der Waals surface area contributed by atoms with Crippen molar-refractivity contribution in [3.8, 4) is 0 Å². The molecule has 2 rings (SSSR count). The molecular weight excluding hydrogens is 237 g/mol. The Morgan fingerprint density at radius 1 is 1.29 bits per heavy atom. The van der Waals surface area contributed by atoms with Crippen LogP contribution in [0.4, 0.5) is 0 Å². The molecule has 0 spiro atoms. The van der Waals surface area contributed by atoms with Crippen molar-refractivity contribution < 1.29 is 0 Å². The van der Waals surface area contributed by atoms with Gasteiger partial charge in [0.1, 0.15) is 0 Å². The first-order valence-corrected chi connectivity index (χ1v) is 6.24. The molecule has 1 unspecified atom stereocenters. The van der Waals surface area contributed by atoms with Crippen molar-refractivity contribution in [2.45, 2.75) is 23.1 Å². The topological polar surface area (TPSA) is 12.0 Å². The molecule has 1 aliphatic rings. The highest BCUT2D eigenvalue weighted by atomic mass is 35.5. The van der Waals surface area contributed by atoms with Gasteiger partial charge >= 0.3 is 0 Å². The van der Waals surface area contributed by atoms with Gasteiger partial charge in [0.25, 0.3) is 0 Å². The summed E-state index contributed by atoms with van der Waals surface area (Å²) in [5.41, 5.74) is 0. The molecule has 76 valence electrons. The third-order valence-electron chi connectivity index (χ3n) is 2.18. The summed E-state index contributed by atoms with van der Waals surface area (Å²) >= 11 is 13.6. The lowest BCUT2D eigenvalue weighted by atomic mass is 10.4. The van der Waals surface area contributed by atoms with Crippen molar-refractivity contribution >= 4 is 35.0 Å². The first kappa shape index (κ1) is 10.6. The van der Waals surface area contributed by atoms with E-state index in [0.29, 0.717) is 15.4 Å². The molecule has 1 aromatic rings. The maximum atomic E-state index is 5.93. The number of hydrogen-bond acceptors (Lipinski definition) is 2. The monoisotopic (exact) mass is 247 g/mol. The molecule has 1 nitrogen and oxygen atoms in total. The van der Waals surface area contributed by atoms with Crippen LogP contribution < -0.4 is 5.32 Å². The van der Waals surface area contributed by atoms with E-state index in [1.807, 2.05) is 30.0 Å². The van der Waals surface area contributed by atoms with Gasteiger partial charge in [-0.25, -0.2) is 0 Å². The maximum Gasteiger partial charge on any atom is 0.0603 e. The van der Waals surface area contributed by atoms with Gasteiger partial charge in [-0.3, -0.25) is 0 Å². The van der Waals surface area contributed by atoms with Crippen molar-refractivity contribution in [2.24, 2.45) is 0 Å². The first-order chi connectivity index (χ1) is 6.75. The summed E-state index contributed by atoms with van der Waals surface area (Å²) in [7, 11) is 0. The molecular formula is C10H11Cl2NS. The van der Waals surface area contributed by atoms with Crippen LogP contribution in [0.5, 0.6) is 0 Å². The van der Waals surface area contributed by atoms with Crippen molar-refractivity contribution in [3.05, 3.63) is 28.2 Å². The van der Waals surface area contributed by atoms with Crippen molar-refractivity contribution in [2.75, 3.05) is 6.54 Å². The lowest BCUT2D eigenvalue weighted by Crippen LogP contribution is -2.16. The number of nitrogens with one attached hydrogen (secondary N) is 1. The van der Waals surface area contributed by atoms with E-state index in [-0.39, 0.29) is 0 Å². The molecule has 1 N–H and O–H groups in total. The fourth-order valence-corrected chi connectivity index (χ4v) is 2.98. The van der Waals surface area contributed by atoms with Crippen LogP contribution in [0.15, 0.2) is 23.1 Å². The van der Waals surface area contributed by atoms with Gasteiger partial charge in [-0.05, 0) is 37.6 Å². The zero-order valence-corrected chi connectivity index (χ0v) is 9.92. The van der Waals surface area contributed by atoms with E-state index in [1.165, 1.54) is 17.7 Å². The second kappa shape index (κ2) is 4.75. The summed E-state index contributed by atoms with van der Waals surface area (Å²) in [6, 6.07) is 5.79. The molecule has 0 amide bonds. The molecule has 0 aliphatic carbocycles. The lowest BCUT2D eigenvalue weighted by Gasteiger charge is -2.09. The Labute approximate surface area is 98.2 Å². The zero-order chi connectivity index (χ0) is 9.97. The normalized spacial score (nSPS) is 21.4. The number of hydrogen-bond donors (Lipinski definition) is 1. The van der Waals surface area contributed by atoms with E-state index in [2.05, 4.69) is 5.32 Å². The Balaban J connectivity index is 2.05. The number of halogens is 2. The van der Waals surface area contributed by atoms with E-state index < -0.39 is 0 Å². The molecule has 1 aromatic carbocycles. The first-order valence-electron chi connectivity index (χ1n) is 4.61. The quantitative estimate of drug-likeness (QED) is 0.854. The Morgan fingerprint density at radius 2 is 2.14 bits per heavy atom. The van der Waals surface area contributed by atoms with Gasteiger partial charge in [-0.2, -0.15) is 0 Å². The molecule has 1 saturated heterocycles. The van der Waals surface area contributed by atoms with Crippen molar-refractivity contribution in [3.63, 3.8) is 0 Å². The molecule has 1 aliphatic heterocycles. The van der Waals surface area contributed by atoms with Crippen LogP contribution in [0.25, 0.3) is 0 Å². The van der Waals surface area contributed by atoms with Gasteiger partial charge in [-0.15, -0.1) is 11.8 Å². The summed E-state index contributed by atoms with van der Waals surface area (Å²) in [6.45, 7) is 1.12. The molecule has 1 fully saturated rings. The highest BCUT2D eigenvalue weighted by Gasteiger charge is 2.15. The third kappa shape index (κ3) is 2.57. The average Bonchev–Trinajstić information content (AvgIpc) is 2.64. The molecule has 4 heteroatoms. The van der Waals surface area contributed by atoms with E-state index in [1.54, 1.807) is 0 Å². The maximum absolute atomic E-state index is 5.93. The van der Waals surface area contributed by atoms with Crippen LogP contribution in [0.3, 0.4) is 0 Å². The minimum absolute atomic E-state index is 0.534. The molecule has 14 heavy (non-hydrogen) atoms. The Kier molecular flexibility index (Phi) is 3.61. The predicted octanol–water partition coefficient (Wildman–Crippen LogP) is 3.80. The van der Waals surface area contributed by atoms with Gasteiger partial charge < -0.3 is 5.32 Å². The van der Waals surface area contributed by atoms with Crippen molar-refractivity contribution in [1.29, 1.82) is 0 Å². The summed E-state index contributed by atoms with van der Waals surface area (Å²) < 4.78 is 0. The fourth-order valence-electron chi connectivity index (χ4n) is 1.47. The molecule has 1 atom stereocenters. The Hall–Kier alpha value is 0.110.